The zero-order valence-electron chi connectivity index (χ0n) is 11.7. The summed E-state index contributed by atoms with van der Waals surface area (Å²) in [7, 11) is 0.0965. The van der Waals surface area contributed by atoms with Crippen molar-refractivity contribution in [1.29, 1.82) is 0 Å². The van der Waals surface area contributed by atoms with E-state index in [9.17, 15) is 9.90 Å². The van der Waals surface area contributed by atoms with Crippen molar-refractivity contribution in [1.82, 2.24) is 5.32 Å². The van der Waals surface area contributed by atoms with Crippen LogP contribution in [0.4, 0.5) is 0 Å². The SMILES string of the molecule is CNC(=O)C[C@H]([C@H](O)C(C)(C)C)[Si](C)(C)C. The number of carbonyl (C=O) groups excluding carboxylic acids is 1. The third kappa shape index (κ3) is 4.66. The molecular formula is C12H27NO2Si. The van der Waals surface area contributed by atoms with Crippen LogP contribution < -0.4 is 5.32 Å². The fourth-order valence-electron chi connectivity index (χ4n) is 1.80. The molecule has 0 spiro atoms. The first kappa shape index (κ1) is 15.6. The third-order valence-electron chi connectivity index (χ3n) is 3.06. The number of aliphatic hydroxyl groups excluding tert-OH is 1. The molecule has 4 heteroatoms. The van der Waals surface area contributed by atoms with Crippen molar-refractivity contribution in [2.75, 3.05) is 7.05 Å². The van der Waals surface area contributed by atoms with Crippen LogP contribution in [-0.4, -0.2) is 32.2 Å². The molecule has 0 aromatic carbocycles. The van der Waals surface area contributed by atoms with E-state index in [1.807, 2.05) is 20.8 Å². The standard InChI is InChI=1S/C12H27NO2Si/c1-12(2,3)11(15)9(16(5,6)7)8-10(14)13-4/h9,11,15H,8H2,1-7H3,(H,13,14)/t9-,11+/m1/s1. The van der Waals surface area contributed by atoms with Crippen molar-refractivity contribution in [3.8, 4) is 0 Å². The highest BCUT2D eigenvalue weighted by Crippen LogP contribution is 2.37. The van der Waals surface area contributed by atoms with Crippen LogP contribution in [0.15, 0.2) is 0 Å². The molecular weight excluding hydrogens is 218 g/mol. The van der Waals surface area contributed by atoms with Crippen LogP contribution in [0.3, 0.4) is 0 Å². The molecule has 0 rings (SSSR count). The number of carbonyl (C=O) groups is 1. The van der Waals surface area contributed by atoms with Crippen LogP contribution in [0.5, 0.6) is 0 Å². The zero-order valence-corrected chi connectivity index (χ0v) is 12.7. The van der Waals surface area contributed by atoms with Gasteiger partial charge in [-0.15, -0.1) is 0 Å². The van der Waals surface area contributed by atoms with E-state index >= 15 is 0 Å². The van der Waals surface area contributed by atoms with E-state index in [1.165, 1.54) is 0 Å². The maximum absolute atomic E-state index is 11.5. The Bertz CT molecular complexity index is 240. The number of hydrogen-bond donors (Lipinski definition) is 2. The Morgan fingerprint density at radius 1 is 1.31 bits per heavy atom. The minimum absolute atomic E-state index is 0.0238. The minimum atomic E-state index is -1.55. The Labute approximate surface area is 101 Å². The van der Waals surface area contributed by atoms with Crippen molar-refractivity contribution in [3.63, 3.8) is 0 Å². The average Bonchev–Trinajstić information content (AvgIpc) is 2.09. The molecule has 0 aliphatic rings. The largest absolute Gasteiger partial charge is 0.393 e. The first-order chi connectivity index (χ1) is 7.00. The van der Waals surface area contributed by atoms with Gasteiger partial charge in [0.05, 0.1) is 14.2 Å². The lowest BCUT2D eigenvalue weighted by atomic mass is 9.86. The fraction of sp³-hybridized carbons (Fsp3) is 0.917. The Balaban J connectivity index is 4.89. The van der Waals surface area contributed by atoms with Crippen LogP contribution >= 0.6 is 0 Å². The molecule has 3 nitrogen and oxygen atoms in total. The van der Waals surface area contributed by atoms with Gasteiger partial charge in [-0.25, -0.2) is 0 Å². The normalized spacial score (nSPS) is 16.8. The Hall–Kier alpha value is -0.353. The second-order valence-corrected chi connectivity index (χ2v) is 12.1. The predicted molar refractivity (Wildman–Crippen MR) is 71.2 cm³/mol. The maximum atomic E-state index is 11.5. The van der Waals surface area contributed by atoms with Gasteiger partial charge in [-0.2, -0.15) is 0 Å². The Morgan fingerprint density at radius 3 is 2.00 bits per heavy atom. The van der Waals surface area contributed by atoms with Crippen LogP contribution in [0.2, 0.25) is 25.2 Å². The van der Waals surface area contributed by atoms with Crippen LogP contribution in [0.25, 0.3) is 0 Å². The van der Waals surface area contributed by atoms with E-state index in [0.717, 1.165) is 0 Å². The molecule has 0 saturated heterocycles. The van der Waals surface area contributed by atoms with Gasteiger partial charge < -0.3 is 10.4 Å². The number of rotatable bonds is 4. The van der Waals surface area contributed by atoms with Crippen molar-refractivity contribution in [2.24, 2.45) is 5.41 Å². The predicted octanol–water partition coefficient (Wildman–Crippen LogP) is 2.24. The minimum Gasteiger partial charge on any atom is -0.393 e. The topological polar surface area (TPSA) is 49.3 Å². The van der Waals surface area contributed by atoms with Gasteiger partial charge in [0.15, 0.2) is 0 Å². The Morgan fingerprint density at radius 2 is 1.75 bits per heavy atom. The van der Waals surface area contributed by atoms with Gasteiger partial charge in [-0.05, 0) is 11.0 Å². The van der Waals surface area contributed by atoms with E-state index in [-0.39, 0.29) is 16.9 Å². The van der Waals surface area contributed by atoms with E-state index in [0.29, 0.717) is 6.42 Å². The van der Waals surface area contributed by atoms with E-state index in [1.54, 1.807) is 7.05 Å². The molecule has 96 valence electrons. The van der Waals surface area contributed by atoms with Gasteiger partial charge in [0.1, 0.15) is 0 Å². The molecule has 2 N–H and O–H groups in total. The van der Waals surface area contributed by atoms with Gasteiger partial charge in [-0.3, -0.25) is 4.79 Å². The molecule has 0 aromatic rings. The monoisotopic (exact) mass is 245 g/mol. The van der Waals surface area contributed by atoms with Gasteiger partial charge in [-0.1, -0.05) is 40.4 Å². The van der Waals surface area contributed by atoms with Crippen molar-refractivity contribution >= 4 is 14.0 Å². The molecule has 16 heavy (non-hydrogen) atoms. The average molecular weight is 245 g/mol. The highest BCUT2D eigenvalue weighted by Gasteiger charge is 2.39. The van der Waals surface area contributed by atoms with Gasteiger partial charge in [0.25, 0.3) is 0 Å². The summed E-state index contributed by atoms with van der Waals surface area (Å²) in [5, 5.41) is 13.0. The molecule has 0 radical (unpaired) electrons. The molecule has 0 heterocycles. The summed E-state index contributed by atoms with van der Waals surface area (Å²) in [5.74, 6) is 0.0238. The van der Waals surface area contributed by atoms with Crippen LogP contribution in [0, 0.1) is 5.41 Å². The first-order valence-corrected chi connectivity index (χ1v) is 9.46. The van der Waals surface area contributed by atoms with Crippen molar-refractivity contribution in [2.45, 2.75) is 58.5 Å². The van der Waals surface area contributed by atoms with Gasteiger partial charge in [0, 0.05) is 13.5 Å². The quantitative estimate of drug-likeness (QED) is 0.746. The number of hydrogen-bond acceptors (Lipinski definition) is 2. The molecule has 0 saturated carbocycles. The molecule has 0 fully saturated rings. The highest BCUT2D eigenvalue weighted by molar-refractivity contribution is 6.77. The van der Waals surface area contributed by atoms with E-state index in [4.69, 9.17) is 0 Å². The van der Waals surface area contributed by atoms with Gasteiger partial charge >= 0.3 is 0 Å². The molecule has 0 unspecified atom stereocenters. The number of aliphatic hydroxyl groups is 1. The lowest BCUT2D eigenvalue weighted by Crippen LogP contribution is -2.44. The highest BCUT2D eigenvalue weighted by atomic mass is 28.3. The Kier molecular flexibility index (Phi) is 5.20. The molecule has 1 amide bonds. The lowest BCUT2D eigenvalue weighted by molar-refractivity contribution is -0.121. The lowest BCUT2D eigenvalue weighted by Gasteiger charge is -2.39. The maximum Gasteiger partial charge on any atom is 0.219 e. The summed E-state index contributed by atoms with van der Waals surface area (Å²) in [5.41, 5.74) is -0.0636. The van der Waals surface area contributed by atoms with Crippen LogP contribution in [0.1, 0.15) is 27.2 Å². The smallest absolute Gasteiger partial charge is 0.219 e. The summed E-state index contributed by atoms with van der Waals surface area (Å²) in [4.78, 5) is 11.5. The summed E-state index contributed by atoms with van der Waals surface area (Å²) in [6.45, 7) is 12.7. The van der Waals surface area contributed by atoms with Crippen molar-refractivity contribution < 1.29 is 9.90 Å². The third-order valence-corrected chi connectivity index (χ3v) is 5.81. The van der Waals surface area contributed by atoms with E-state index in [2.05, 4.69) is 25.0 Å². The second-order valence-electron chi connectivity index (χ2n) is 6.66. The van der Waals surface area contributed by atoms with Crippen LogP contribution in [-0.2, 0) is 4.79 Å². The second kappa shape index (κ2) is 5.32. The summed E-state index contributed by atoms with van der Waals surface area (Å²) in [6.07, 6.45) is 0.0152. The summed E-state index contributed by atoms with van der Waals surface area (Å²) < 4.78 is 0. The van der Waals surface area contributed by atoms with Gasteiger partial charge in [0.2, 0.25) is 5.91 Å². The van der Waals surface area contributed by atoms with Crippen molar-refractivity contribution in [3.05, 3.63) is 0 Å². The number of nitrogens with one attached hydrogen (secondary N) is 1. The molecule has 0 aromatic heterocycles. The molecule has 0 aliphatic carbocycles. The molecule has 0 bridgehead atoms. The molecule has 0 aliphatic heterocycles. The summed E-state index contributed by atoms with van der Waals surface area (Å²) in [6, 6.07) is 0. The van der Waals surface area contributed by atoms with E-state index < -0.39 is 14.2 Å². The first-order valence-electron chi connectivity index (χ1n) is 5.88. The zero-order chi connectivity index (χ0) is 13.1. The molecule has 2 atom stereocenters. The summed E-state index contributed by atoms with van der Waals surface area (Å²) >= 11 is 0. The fourth-order valence-corrected chi connectivity index (χ4v) is 4.04. The number of amides is 1.